The number of aliphatic imine (C=N–C) groups is 1. The number of nitrogens with zero attached hydrogens (tertiary/aromatic N) is 5. The smallest absolute Gasteiger partial charge is 0.232 e. The van der Waals surface area contributed by atoms with Crippen LogP contribution in [0, 0.1) is 11.8 Å². The van der Waals surface area contributed by atoms with Crippen LogP contribution in [0.25, 0.3) is 0 Å². The standard InChI is InChI=1S/C22H30FN7O/c1-13-9-17-16-10-15(23)12-28(22(16)31)7-4-6-25-14(2)19-20(24)27(3)30-8-5-18(26-21(19)30)29(17)11-13/h5,8,12-13,16-17,20,25H,2,4,6-7,9-11,24H2,1,3H3. The van der Waals surface area contributed by atoms with Crippen LogP contribution in [0.1, 0.15) is 26.2 Å². The summed E-state index contributed by atoms with van der Waals surface area (Å²) < 4.78 is 14.6. The Morgan fingerprint density at radius 2 is 2.19 bits per heavy atom. The number of hydrogen-bond donors (Lipinski definition) is 2. The summed E-state index contributed by atoms with van der Waals surface area (Å²) in [7, 11) is 1.92. The number of carbonyl (C=O) groups is 1. The lowest BCUT2D eigenvalue weighted by molar-refractivity contribution is -0.135. The van der Waals surface area contributed by atoms with Gasteiger partial charge < -0.3 is 20.9 Å². The Kier molecular flexibility index (Phi) is 4.90. The van der Waals surface area contributed by atoms with E-state index in [4.69, 9.17) is 10.7 Å². The van der Waals surface area contributed by atoms with Crippen molar-refractivity contribution in [3.8, 4) is 0 Å². The third-order valence-corrected chi connectivity index (χ3v) is 6.94. The number of likely N-dealkylation sites (N-methyl/N-ethyl adjacent to an activating group) is 1. The minimum Gasteiger partial charge on any atom is -0.385 e. The molecule has 5 rings (SSSR count). The number of nitrogens with one attached hydrogen (secondary N) is 1. The number of amides is 1. The fourth-order valence-corrected chi connectivity index (χ4v) is 5.35. The molecule has 0 spiro atoms. The summed E-state index contributed by atoms with van der Waals surface area (Å²) in [6.45, 7) is 8.23. The summed E-state index contributed by atoms with van der Waals surface area (Å²) in [5, 5.41) is 7.19. The van der Waals surface area contributed by atoms with Crippen LogP contribution in [0.2, 0.25) is 0 Å². The molecule has 1 saturated heterocycles. The molecular weight excluding hydrogens is 397 g/mol. The number of fused-ring (bicyclic) bond motifs is 5. The van der Waals surface area contributed by atoms with E-state index in [9.17, 15) is 9.18 Å². The average molecular weight is 428 g/mol. The van der Waals surface area contributed by atoms with Crippen molar-refractivity contribution in [1.82, 2.24) is 25.1 Å². The highest BCUT2D eigenvalue weighted by Gasteiger charge is 2.45. The van der Waals surface area contributed by atoms with Gasteiger partial charge in [0, 0.05) is 57.2 Å². The number of carbonyl (C=O) groups excluding carboxylic acids is 1. The lowest BCUT2D eigenvalue weighted by atomic mass is 9.88. The zero-order chi connectivity index (χ0) is 21.9. The Morgan fingerprint density at radius 3 is 3.00 bits per heavy atom. The summed E-state index contributed by atoms with van der Waals surface area (Å²) in [6.07, 6.45) is 6.61. The van der Waals surface area contributed by atoms with Crippen LogP contribution in [-0.4, -0.2) is 70.5 Å². The molecule has 166 valence electrons. The van der Waals surface area contributed by atoms with Gasteiger partial charge in [0.25, 0.3) is 0 Å². The highest BCUT2D eigenvalue weighted by atomic mass is 19.1. The molecule has 0 radical (unpaired) electrons. The van der Waals surface area contributed by atoms with Gasteiger partial charge in [-0.25, -0.2) is 9.38 Å². The first-order chi connectivity index (χ1) is 14.8. The zero-order valence-corrected chi connectivity index (χ0v) is 18.1. The topological polar surface area (TPSA) is 80.4 Å². The molecule has 0 aliphatic carbocycles. The molecule has 3 N–H and O–H groups in total. The lowest BCUT2D eigenvalue weighted by Gasteiger charge is -2.38. The maximum atomic E-state index is 14.6. The van der Waals surface area contributed by atoms with E-state index in [-0.39, 0.29) is 30.4 Å². The number of nitrogens with two attached hydrogens (primary N) is 1. The molecular formula is C22H30FN7O. The number of hydrazine groups is 1. The van der Waals surface area contributed by atoms with Crippen LogP contribution < -0.4 is 11.1 Å². The minimum atomic E-state index is -0.406. The van der Waals surface area contributed by atoms with Crippen molar-refractivity contribution in [2.45, 2.75) is 38.4 Å². The van der Waals surface area contributed by atoms with E-state index in [1.165, 1.54) is 6.20 Å². The highest BCUT2D eigenvalue weighted by Crippen LogP contribution is 2.38. The number of hydrogen-bond acceptors (Lipinski definition) is 7. The Hall–Kier alpha value is -2.65. The summed E-state index contributed by atoms with van der Waals surface area (Å²) in [4.78, 5) is 22.0. The monoisotopic (exact) mass is 427 g/mol. The maximum Gasteiger partial charge on any atom is 0.232 e. The Morgan fingerprint density at radius 1 is 1.39 bits per heavy atom. The molecule has 1 fully saturated rings. The summed E-state index contributed by atoms with van der Waals surface area (Å²) in [5.41, 5.74) is 8.08. The van der Waals surface area contributed by atoms with Crippen LogP contribution in [0.4, 0.5) is 4.39 Å². The predicted octanol–water partition coefficient (Wildman–Crippen LogP) is 1.45. The fourth-order valence-electron chi connectivity index (χ4n) is 5.35. The van der Waals surface area contributed by atoms with Crippen molar-refractivity contribution in [3.05, 3.63) is 48.0 Å². The summed E-state index contributed by atoms with van der Waals surface area (Å²) >= 11 is 0. The van der Waals surface area contributed by atoms with E-state index in [1.54, 1.807) is 4.90 Å². The van der Waals surface area contributed by atoms with E-state index in [2.05, 4.69) is 23.7 Å². The fraction of sp³-hybridized carbons (Fsp3) is 0.545. The number of rotatable bonds is 0. The van der Waals surface area contributed by atoms with Gasteiger partial charge >= 0.3 is 0 Å². The Bertz CT molecular complexity index is 938. The molecule has 0 aromatic carbocycles. The van der Waals surface area contributed by atoms with Crippen molar-refractivity contribution < 1.29 is 9.18 Å². The molecule has 4 unspecified atom stereocenters. The predicted molar refractivity (Wildman–Crippen MR) is 116 cm³/mol. The van der Waals surface area contributed by atoms with Gasteiger partial charge in [-0.15, -0.1) is 0 Å². The van der Waals surface area contributed by atoms with Gasteiger partial charge in [0.05, 0.1) is 11.5 Å². The SMILES string of the molecule is C=C1NCCCN2C=C(F)CC(C2=O)C2CC(C)CN2C2=NC3=C1C(N)N(C)N3C=C2. The van der Waals surface area contributed by atoms with E-state index in [1.807, 2.05) is 29.3 Å². The van der Waals surface area contributed by atoms with E-state index < -0.39 is 5.92 Å². The molecule has 5 aliphatic rings. The first-order valence-corrected chi connectivity index (χ1v) is 11.0. The normalized spacial score (nSPS) is 33.9. The second-order valence-electron chi connectivity index (χ2n) is 9.12. The van der Waals surface area contributed by atoms with E-state index >= 15 is 0 Å². The summed E-state index contributed by atoms with van der Waals surface area (Å²) in [6, 6.07) is -0.0828. The van der Waals surface area contributed by atoms with Gasteiger partial charge in [0.15, 0.2) is 5.82 Å². The molecule has 0 aromatic rings. The first kappa shape index (κ1) is 20.3. The molecule has 5 heterocycles. The van der Waals surface area contributed by atoms with Crippen LogP contribution in [0.15, 0.2) is 53.0 Å². The van der Waals surface area contributed by atoms with Gasteiger partial charge in [-0.05, 0) is 24.8 Å². The van der Waals surface area contributed by atoms with Gasteiger partial charge in [-0.2, -0.15) is 5.01 Å². The molecule has 1 amide bonds. The summed E-state index contributed by atoms with van der Waals surface area (Å²) in [5.74, 6) is 1.31. The average Bonchev–Trinajstić information content (AvgIpc) is 3.24. The van der Waals surface area contributed by atoms with Crippen molar-refractivity contribution >= 4 is 11.7 Å². The van der Waals surface area contributed by atoms with Gasteiger partial charge in [0.2, 0.25) is 5.91 Å². The third-order valence-electron chi connectivity index (χ3n) is 6.94. The Balaban J connectivity index is 1.59. The zero-order valence-electron chi connectivity index (χ0n) is 18.1. The van der Waals surface area contributed by atoms with Gasteiger partial charge in [0.1, 0.15) is 17.8 Å². The first-order valence-electron chi connectivity index (χ1n) is 11.0. The largest absolute Gasteiger partial charge is 0.385 e. The van der Waals surface area contributed by atoms with E-state index in [0.29, 0.717) is 25.4 Å². The van der Waals surface area contributed by atoms with Crippen LogP contribution in [0.3, 0.4) is 0 Å². The molecule has 0 saturated carbocycles. The van der Waals surface area contributed by atoms with Crippen LogP contribution in [-0.2, 0) is 4.79 Å². The number of amidine groups is 1. The number of halogens is 1. The molecule has 9 heteroatoms. The molecule has 5 aliphatic heterocycles. The van der Waals surface area contributed by atoms with Crippen LogP contribution >= 0.6 is 0 Å². The third kappa shape index (κ3) is 3.27. The van der Waals surface area contributed by atoms with Crippen molar-refractivity contribution in [2.75, 3.05) is 26.7 Å². The second-order valence-corrected chi connectivity index (χ2v) is 9.12. The maximum absolute atomic E-state index is 14.6. The van der Waals surface area contributed by atoms with Crippen molar-refractivity contribution in [1.29, 1.82) is 0 Å². The lowest BCUT2D eigenvalue weighted by Crippen LogP contribution is -2.48. The van der Waals surface area contributed by atoms with Gasteiger partial charge in [-0.1, -0.05) is 13.5 Å². The molecule has 31 heavy (non-hydrogen) atoms. The molecule has 4 atom stereocenters. The molecule has 8 nitrogen and oxygen atoms in total. The quantitative estimate of drug-likeness (QED) is 0.609. The Labute approximate surface area is 182 Å². The molecule has 0 aromatic heterocycles. The van der Waals surface area contributed by atoms with Crippen LogP contribution in [0.5, 0.6) is 0 Å². The highest BCUT2D eigenvalue weighted by molar-refractivity contribution is 5.95. The molecule has 4 bridgehead atoms. The van der Waals surface area contributed by atoms with E-state index in [0.717, 1.165) is 35.9 Å². The van der Waals surface area contributed by atoms with Crippen molar-refractivity contribution in [3.63, 3.8) is 0 Å². The van der Waals surface area contributed by atoms with Gasteiger partial charge in [-0.3, -0.25) is 9.80 Å². The number of allylic oxidation sites excluding steroid dienone is 1. The van der Waals surface area contributed by atoms with Crippen molar-refractivity contribution in [2.24, 2.45) is 22.6 Å². The second kappa shape index (κ2) is 7.49. The minimum absolute atomic E-state index is 0.00549.